The Morgan fingerprint density at radius 1 is 1.12 bits per heavy atom. The van der Waals surface area contributed by atoms with Crippen molar-refractivity contribution in [2.45, 2.75) is 20.0 Å². The van der Waals surface area contributed by atoms with Crippen molar-refractivity contribution in [3.8, 4) is 0 Å². The number of aromatic nitrogens is 2. The average Bonchev–Trinajstić information content (AvgIpc) is 2.61. The Labute approximate surface area is 143 Å². The van der Waals surface area contributed by atoms with Crippen molar-refractivity contribution >= 4 is 28.3 Å². The van der Waals surface area contributed by atoms with Crippen LogP contribution in [-0.4, -0.2) is 15.7 Å². The van der Waals surface area contributed by atoms with E-state index in [1.807, 2.05) is 19.1 Å². The van der Waals surface area contributed by atoms with Crippen LogP contribution >= 0.6 is 11.6 Å². The van der Waals surface area contributed by atoms with Gasteiger partial charge in [-0.1, -0.05) is 41.9 Å². The second-order valence-electron chi connectivity index (χ2n) is 5.32. The van der Waals surface area contributed by atoms with Crippen molar-refractivity contribution in [1.82, 2.24) is 15.1 Å². The smallest absolute Gasteiger partial charge is 0.274 e. The number of hydrogen-bond donors (Lipinski definition) is 1. The number of nitrogens with one attached hydrogen (secondary N) is 1. The SMILES string of the molecule is CCn1nc(C(=O)NCc2ccc(Cl)cc2)c2ccccc2c1=O. The van der Waals surface area contributed by atoms with Gasteiger partial charge in [0, 0.05) is 23.5 Å². The van der Waals surface area contributed by atoms with Crippen molar-refractivity contribution in [3.05, 3.63) is 75.2 Å². The monoisotopic (exact) mass is 341 g/mol. The molecule has 1 N–H and O–H groups in total. The summed E-state index contributed by atoms with van der Waals surface area (Å²) in [6.07, 6.45) is 0. The second kappa shape index (κ2) is 6.84. The number of hydrogen-bond acceptors (Lipinski definition) is 3. The van der Waals surface area contributed by atoms with Crippen molar-refractivity contribution < 1.29 is 4.79 Å². The molecule has 1 amide bonds. The van der Waals surface area contributed by atoms with E-state index in [9.17, 15) is 9.59 Å². The van der Waals surface area contributed by atoms with Gasteiger partial charge >= 0.3 is 0 Å². The molecule has 1 aromatic heterocycles. The van der Waals surface area contributed by atoms with E-state index >= 15 is 0 Å². The molecule has 3 aromatic rings. The third-order valence-electron chi connectivity index (χ3n) is 3.75. The third kappa shape index (κ3) is 3.16. The zero-order valence-corrected chi connectivity index (χ0v) is 13.9. The van der Waals surface area contributed by atoms with Crippen LogP contribution in [0.4, 0.5) is 0 Å². The molecule has 0 radical (unpaired) electrons. The van der Waals surface area contributed by atoms with E-state index in [-0.39, 0.29) is 17.2 Å². The Hall–Kier alpha value is -2.66. The summed E-state index contributed by atoms with van der Waals surface area (Å²) in [6, 6.07) is 14.3. The van der Waals surface area contributed by atoms with Gasteiger partial charge in [0.25, 0.3) is 11.5 Å². The van der Waals surface area contributed by atoms with Crippen molar-refractivity contribution in [2.75, 3.05) is 0 Å². The average molecular weight is 342 g/mol. The van der Waals surface area contributed by atoms with E-state index in [1.165, 1.54) is 4.68 Å². The quantitative estimate of drug-likeness (QED) is 0.793. The topological polar surface area (TPSA) is 64.0 Å². The van der Waals surface area contributed by atoms with Crippen LogP contribution in [-0.2, 0) is 13.1 Å². The standard InChI is InChI=1S/C18H16ClN3O2/c1-2-22-18(24)15-6-4-3-5-14(15)16(21-22)17(23)20-11-12-7-9-13(19)10-8-12/h3-10H,2,11H2,1H3,(H,20,23). The fraction of sp³-hybridized carbons (Fsp3) is 0.167. The Morgan fingerprint density at radius 2 is 1.79 bits per heavy atom. The van der Waals surface area contributed by atoms with Gasteiger partial charge in [0.15, 0.2) is 5.69 Å². The molecule has 0 spiro atoms. The first-order valence-corrected chi connectivity index (χ1v) is 8.00. The summed E-state index contributed by atoms with van der Waals surface area (Å²) in [6.45, 7) is 2.58. The van der Waals surface area contributed by atoms with Crippen LogP contribution in [0.3, 0.4) is 0 Å². The molecular formula is C18H16ClN3O2. The lowest BCUT2D eigenvalue weighted by Gasteiger charge is -2.10. The Balaban J connectivity index is 1.93. The molecule has 6 heteroatoms. The minimum absolute atomic E-state index is 0.192. The number of rotatable bonds is 4. The van der Waals surface area contributed by atoms with Crippen LogP contribution < -0.4 is 10.9 Å². The number of fused-ring (bicyclic) bond motifs is 1. The van der Waals surface area contributed by atoms with E-state index < -0.39 is 0 Å². The van der Waals surface area contributed by atoms with E-state index in [4.69, 9.17) is 11.6 Å². The van der Waals surface area contributed by atoms with Gasteiger partial charge in [-0.2, -0.15) is 5.10 Å². The summed E-state index contributed by atoms with van der Waals surface area (Å²) in [5, 5.41) is 8.75. The third-order valence-corrected chi connectivity index (χ3v) is 4.00. The van der Waals surface area contributed by atoms with Crippen LogP contribution in [0.2, 0.25) is 5.02 Å². The lowest BCUT2D eigenvalue weighted by molar-refractivity contribution is 0.0945. The van der Waals surface area contributed by atoms with Crippen molar-refractivity contribution in [2.24, 2.45) is 0 Å². The van der Waals surface area contributed by atoms with Gasteiger partial charge in [0.05, 0.1) is 5.39 Å². The molecular weight excluding hydrogens is 326 g/mol. The molecule has 1 heterocycles. The number of halogens is 1. The molecule has 2 aromatic carbocycles. The molecule has 3 rings (SSSR count). The fourth-order valence-electron chi connectivity index (χ4n) is 2.49. The Bertz CT molecular complexity index is 949. The molecule has 5 nitrogen and oxygen atoms in total. The highest BCUT2D eigenvalue weighted by atomic mass is 35.5. The van der Waals surface area contributed by atoms with E-state index in [0.717, 1.165) is 5.56 Å². The first kappa shape index (κ1) is 16.2. The molecule has 0 saturated heterocycles. The van der Waals surface area contributed by atoms with Crippen LogP contribution in [0.25, 0.3) is 10.8 Å². The van der Waals surface area contributed by atoms with Gasteiger partial charge in [-0.25, -0.2) is 4.68 Å². The van der Waals surface area contributed by atoms with Crippen LogP contribution in [0.5, 0.6) is 0 Å². The maximum absolute atomic E-state index is 12.6. The summed E-state index contributed by atoms with van der Waals surface area (Å²) in [4.78, 5) is 24.9. The molecule has 0 atom stereocenters. The predicted molar refractivity (Wildman–Crippen MR) is 94.3 cm³/mol. The Kier molecular flexibility index (Phi) is 4.62. The number of benzene rings is 2. The Morgan fingerprint density at radius 3 is 2.46 bits per heavy atom. The summed E-state index contributed by atoms with van der Waals surface area (Å²) < 4.78 is 1.31. The highest BCUT2D eigenvalue weighted by Gasteiger charge is 2.15. The van der Waals surface area contributed by atoms with Crippen molar-refractivity contribution in [3.63, 3.8) is 0 Å². The van der Waals surface area contributed by atoms with Gasteiger partial charge in [0.1, 0.15) is 0 Å². The molecule has 0 aliphatic heterocycles. The normalized spacial score (nSPS) is 10.8. The summed E-state index contributed by atoms with van der Waals surface area (Å²) in [5.41, 5.74) is 0.990. The minimum Gasteiger partial charge on any atom is -0.347 e. The first-order chi connectivity index (χ1) is 11.6. The molecule has 0 bridgehead atoms. The number of aryl methyl sites for hydroxylation is 1. The second-order valence-corrected chi connectivity index (χ2v) is 5.76. The highest BCUT2D eigenvalue weighted by molar-refractivity contribution is 6.30. The number of carbonyl (C=O) groups excluding carboxylic acids is 1. The van der Waals surface area contributed by atoms with E-state index in [2.05, 4.69) is 10.4 Å². The molecule has 122 valence electrons. The van der Waals surface area contributed by atoms with E-state index in [0.29, 0.717) is 28.9 Å². The molecule has 0 saturated carbocycles. The fourth-order valence-corrected chi connectivity index (χ4v) is 2.61. The largest absolute Gasteiger partial charge is 0.347 e. The number of carbonyl (C=O) groups is 1. The summed E-state index contributed by atoms with van der Waals surface area (Å²) in [5.74, 6) is -0.316. The molecule has 0 unspecified atom stereocenters. The van der Waals surface area contributed by atoms with Crippen LogP contribution in [0.1, 0.15) is 23.0 Å². The lowest BCUT2D eigenvalue weighted by Crippen LogP contribution is -2.30. The maximum Gasteiger partial charge on any atom is 0.274 e. The molecule has 0 aliphatic rings. The van der Waals surface area contributed by atoms with Crippen molar-refractivity contribution in [1.29, 1.82) is 0 Å². The molecule has 24 heavy (non-hydrogen) atoms. The minimum atomic E-state index is -0.316. The summed E-state index contributed by atoms with van der Waals surface area (Å²) in [7, 11) is 0. The molecule has 0 fully saturated rings. The molecule has 0 aliphatic carbocycles. The van der Waals surface area contributed by atoms with E-state index in [1.54, 1.807) is 36.4 Å². The van der Waals surface area contributed by atoms with Gasteiger partial charge in [-0.3, -0.25) is 9.59 Å². The summed E-state index contributed by atoms with van der Waals surface area (Å²) >= 11 is 5.85. The van der Waals surface area contributed by atoms with Gasteiger partial charge in [0.2, 0.25) is 0 Å². The van der Waals surface area contributed by atoms with Gasteiger partial charge in [-0.05, 0) is 30.7 Å². The number of amides is 1. The lowest BCUT2D eigenvalue weighted by atomic mass is 10.1. The van der Waals surface area contributed by atoms with Crippen LogP contribution in [0, 0.1) is 0 Å². The zero-order chi connectivity index (χ0) is 17.1. The maximum atomic E-state index is 12.6. The van der Waals surface area contributed by atoms with Crippen LogP contribution in [0.15, 0.2) is 53.3 Å². The highest BCUT2D eigenvalue weighted by Crippen LogP contribution is 2.14. The first-order valence-electron chi connectivity index (χ1n) is 7.62. The zero-order valence-electron chi connectivity index (χ0n) is 13.1. The van der Waals surface area contributed by atoms with Gasteiger partial charge in [-0.15, -0.1) is 0 Å². The predicted octanol–water partition coefficient (Wildman–Crippen LogP) is 3.00. The van der Waals surface area contributed by atoms with Gasteiger partial charge < -0.3 is 5.32 Å². The number of nitrogens with zero attached hydrogens (tertiary/aromatic N) is 2.